The van der Waals surface area contributed by atoms with Gasteiger partial charge in [-0.2, -0.15) is 4.31 Å². The minimum Gasteiger partial charge on any atom is -0.494 e. The van der Waals surface area contributed by atoms with E-state index in [9.17, 15) is 8.42 Å². The summed E-state index contributed by atoms with van der Waals surface area (Å²) in [5.74, 6) is 0.688. The van der Waals surface area contributed by atoms with Gasteiger partial charge in [0.2, 0.25) is 10.0 Å². The predicted octanol–water partition coefficient (Wildman–Crippen LogP) is 1.98. The average molecular weight is 372 g/mol. The monoisotopic (exact) mass is 371 g/mol. The first-order chi connectivity index (χ1) is 11.8. The molecule has 1 rings (SSSR count). The normalized spacial score (nSPS) is 12.3. The number of ether oxygens (including phenoxy) is 1. The van der Waals surface area contributed by atoms with Crippen LogP contribution in [0.4, 0.5) is 0 Å². The zero-order chi connectivity index (χ0) is 18.9. The summed E-state index contributed by atoms with van der Waals surface area (Å²) in [7, 11) is 4.50. The molecule has 0 saturated carbocycles. The second-order valence-electron chi connectivity index (χ2n) is 6.62. The van der Waals surface area contributed by atoms with Crippen LogP contribution in [0.25, 0.3) is 0 Å². The molecule has 0 unspecified atom stereocenters. The van der Waals surface area contributed by atoms with Crippen LogP contribution >= 0.6 is 0 Å². The molecule has 0 amide bonds. The van der Waals surface area contributed by atoms with Gasteiger partial charge < -0.3 is 14.5 Å². The topological polar surface area (TPSA) is 53.1 Å². The number of hydrogen-bond acceptors (Lipinski definition) is 5. The maximum atomic E-state index is 13.0. The van der Waals surface area contributed by atoms with Crippen LogP contribution in [0.2, 0.25) is 0 Å². The summed E-state index contributed by atoms with van der Waals surface area (Å²) in [6, 6.07) is 6.69. The molecule has 1 aromatic carbocycles. The number of sulfonamides is 1. The summed E-state index contributed by atoms with van der Waals surface area (Å²) in [4.78, 5) is 4.47. The van der Waals surface area contributed by atoms with Gasteiger partial charge in [0.25, 0.3) is 0 Å². The van der Waals surface area contributed by atoms with Crippen molar-refractivity contribution in [3.8, 4) is 5.75 Å². The van der Waals surface area contributed by atoms with E-state index in [4.69, 9.17) is 4.74 Å². The van der Waals surface area contributed by atoms with E-state index in [0.717, 1.165) is 25.9 Å². The standard InChI is InChI=1S/C18H33N3O3S/c1-6-24-17-9-11-18(12-10-17)25(22,23)21(15-7-13-19(2)3)16-8-14-20(4)5/h9-12H,6-8,13-16H2,1-5H3. The van der Waals surface area contributed by atoms with Gasteiger partial charge in [-0.05, 0) is 85.3 Å². The minimum absolute atomic E-state index is 0.325. The smallest absolute Gasteiger partial charge is 0.243 e. The number of rotatable bonds is 12. The molecular weight excluding hydrogens is 338 g/mol. The van der Waals surface area contributed by atoms with Crippen molar-refractivity contribution in [1.82, 2.24) is 14.1 Å². The Labute approximate surface area is 153 Å². The lowest BCUT2D eigenvalue weighted by molar-refractivity contribution is 0.326. The average Bonchev–Trinajstić information content (AvgIpc) is 2.53. The van der Waals surface area contributed by atoms with Crippen molar-refractivity contribution in [2.75, 3.05) is 61.0 Å². The number of nitrogens with zero attached hydrogens (tertiary/aromatic N) is 3. The highest BCUT2D eigenvalue weighted by atomic mass is 32.2. The third-order valence-electron chi connectivity index (χ3n) is 3.80. The fourth-order valence-corrected chi connectivity index (χ4v) is 4.02. The second-order valence-corrected chi connectivity index (χ2v) is 8.56. The van der Waals surface area contributed by atoms with Crippen LogP contribution in [0.5, 0.6) is 5.75 Å². The first-order valence-corrected chi connectivity index (χ1v) is 10.2. The maximum Gasteiger partial charge on any atom is 0.243 e. The lowest BCUT2D eigenvalue weighted by Gasteiger charge is -2.24. The quantitative estimate of drug-likeness (QED) is 0.562. The SMILES string of the molecule is CCOc1ccc(S(=O)(=O)N(CCCN(C)C)CCCN(C)C)cc1. The largest absolute Gasteiger partial charge is 0.494 e. The highest BCUT2D eigenvalue weighted by Crippen LogP contribution is 2.20. The summed E-state index contributed by atoms with van der Waals surface area (Å²) in [5, 5.41) is 0. The summed E-state index contributed by atoms with van der Waals surface area (Å²) in [6.07, 6.45) is 1.62. The molecule has 0 aromatic heterocycles. The Morgan fingerprint density at radius 1 is 0.840 bits per heavy atom. The summed E-state index contributed by atoms with van der Waals surface area (Å²) in [5.41, 5.74) is 0. The Hall–Kier alpha value is -1.15. The Balaban J connectivity index is 2.87. The zero-order valence-corrected chi connectivity index (χ0v) is 17.1. The Morgan fingerprint density at radius 3 is 1.72 bits per heavy atom. The molecule has 0 radical (unpaired) electrons. The van der Waals surface area contributed by atoms with Gasteiger partial charge >= 0.3 is 0 Å². The molecule has 0 fully saturated rings. The molecule has 0 bridgehead atoms. The van der Waals surface area contributed by atoms with Crippen molar-refractivity contribution in [3.05, 3.63) is 24.3 Å². The third-order valence-corrected chi connectivity index (χ3v) is 5.71. The Kier molecular flexibility index (Phi) is 9.42. The van der Waals surface area contributed by atoms with E-state index in [0.29, 0.717) is 30.3 Å². The molecule has 1 aromatic rings. The first-order valence-electron chi connectivity index (χ1n) is 8.80. The molecule has 144 valence electrons. The van der Waals surface area contributed by atoms with E-state index in [1.54, 1.807) is 28.6 Å². The number of benzene rings is 1. The van der Waals surface area contributed by atoms with Crippen LogP contribution in [0.1, 0.15) is 19.8 Å². The van der Waals surface area contributed by atoms with E-state index >= 15 is 0 Å². The number of hydrogen-bond donors (Lipinski definition) is 0. The van der Waals surface area contributed by atoms with Crippen LogP contribution in [0.3, 0.4) is 0 Å². The van der Waals surface area contributed by atoms with Gasteiger partial charge in [0.1, 0.15) is 5.75 Å². The molecule has 0 aliphatic heterocycles. The minimum atomic E-state index is -3.49. The molecule has 0 aliphatic rings. The van der Waals surface area contributed by atoms with E-state index in [1.807, 2.05) is 35.1 Å². The maximum absolute atomic E-state index is 13.0. The molecule has 6 nitrogen and oxygen atoms in total. The van der Waals surface area contributed by atoms with Gasteiger partial charge in [0.15, 0.2) is 0 Å². The lowest BCUT2D eigenvalue weighted by Crippen LogP contribution is -2.35. The highest BCUT2D eigenvalue weighted by molar-refractivity contribution is 7.89. The summed E-state index contributed by atoms with van der Waals surface area (Å²) < 4.78 is 33.0. The van der Waals surface area contributed by atoms with E-state index in [-0.39, 0.29) is 0 Å². The van der Waals surface area contributed by atoms with Crippen LogP contribution in [-0.2, 0) is 10.0 Å². The third kappa shape index (κ3) is 7.73. The molecule has 0 aliphatic carbocycles. The van der Waals surface area contributed by atoms with Crippen molar-refractivity contribution < 1.29 is 13.2 Å². The highest BCUT2D eigenvalue weighted by Gasteiger charge is 2.23. The Morgan fingerprint density at radius 2 is 1.32 bits per heavy atom. The molecule has 0 heterocycles. The second kappa shape index (κ2) is 10.8. The molecule has 0 saturated heterocycles. The molecule has 25 heavy (non-hydrogen) atoms. The van der Waals surface area contributed by atoms with E-state index < -0.39 is 10.0 Å². The van der Waals surface area contributed by atoms with E-state index in [1.165, 1.54) is 0 Å². The molecular formula is C18H33N3O3S. The van der Waals surface area contributed by atoms with Crippen molar-refractivity contribution in [1.29, 1.82) is 0 Å². The lowest BCUT2D eigenvalue weighted by atomic mass is 10.3. The van der Waals surface area contributed by atoms with Crippen molar-refractivity contribution in [3.63, 3.8) is 0 Å². The fourth-order valence-electron chi connectivity index (χ4n) is 2.50. The van der Waals surface area contributed by atoms with Gasteiger partial charge in [-0.1, -0.05) is 0 Å². The van der Waals surface area contributed by atoms with Crippen LogP contribution in [0, 0.1) is 0 Å². The zero-order valence-electron chi connectivity index (χ0n) is 16.2. The molecule has 0 spiro atoms. The molecule has 0 N–H and O–H groups in total. The van der Waals surface area contributed by atoms with Gasteiger partial charge in [-0.15, -0.1) is 0 Å². The van der Waals surface area contributed by atoms with Gasteiger partial charge in [0.05, 0.1) is 11.5 Å². The fraction of sp³-hybridized carbons (Fsp3) is 0.667. The van der Waals surface area contributed by atoms with Crippen molar-refractivity contribution in [2.45, 2.75) is 24.7 Å². The van der Waals surface area contributed by atoms with Crippen LogP contribution < -0.4 is 4.74 Å². The molecule has 0 atom stereocenters. The van der Waals surface area contributed by atoms with Gasteiger partial charge in [-0.25, -0.2) is 8.42 Å². The van der Waals surface area contributed by atoms with Crippen molar-refractivity contribution >= 4 is 10.0 Å². The molecule has 7 heteroatoms. The Bertz CT molecular complexity index is 572. The van der Waals surface area contributed by atoms with Gasteiger partial charge in [0, 0.05) is 13.1 Å². The predicted molar refractivity (Wildman–Crippen MR) is 103 cm³/mol. The first kappa shape index (κ1) is 21.9. The van der Waals surface area contributed by atoms with Crippen LogP contribution in [0.15, 0.2) is 29.2 Å². The van der Waals surface area contributed by atoms with Crippen LogP contribution in [-0.4, -0.2) is 83.5 Å². The summed E-state index contributed by atoms with van der Waals surface area (Å²) >= 11 is 0. The summed E-state index contributed by atoms with van der Waals surface area (Å²) in [6.45, 7) is 5.25. The van der Waals surface area contributed by atoms with Crippen molar-refractivity contribution in [2.24, 2.45) is 0 Å². The van der Waals surface area contributed by atoms with E-state index in [2.05, 4.69) is 9.80 Å². The van der Waals surface area contributed by atoms with Gasteiger partial charge in [-0.3, -0.25) is 0 Å².